The fourth-order valence-corrected chi connectivity index (χ4v) is 2.86. The summed E-state index contributed by atoms with van der Waals surface area (Å²) in [5, 5.41) is 0.455. The Morgan fingerprint density at radius 1 is 1.19 bits per heavy atom. The maximum absolute atomic E-state index is 12.6. The van der Waals surface area contributed by atoms with Gasteiger partial charge in [-0.25, -0.2) is 4.79 Å². The summed E-state index contributed by atoms with van der Waals surface area (Å²) >= 11 is 5.80. The number of aromatic nitrogens is 2. The van der Waals surface area contributed by atoms with Gasteiger partial charge < -0.3 is 4.57 Å². The molecule has 1 aliphatic carbocycles. The molecule has 108 valence electrons. The predicted molar refractivity (Wildman–Crippen MR) is 77.8 cm³/mol. The predicted octanol–water partition coefficient (Wildman–Crippen LogP) is 1.87. The van der Waals surface area contributed by atoms with Gasteiger partial charge in [-0.2, -0.15) is 18.2 Å². The maximum atomic E-state index is 12.6. The average molecular weight is 474 g/mol. The molecular formula is C15H14ClN2O2W+. The zero-order valence-electron chi connectivity index (χ0n) is 11.6. The second kappa shape index (κ2) is 6.33. The molecule has 1 heterocycles. The molecule has 0 radical (unpaired) electrons. The second-order valence-corrected chi connectivity index (χ2v) is 5.42. The molecule has 1 aliphatic rings. The summed E-state index contributed by atoms with van der Waals surface area (Å²) in [6.07, 6.45) is 3.55. The number of fused-ring (bicyclic) bond motifs is 1. The molecule has 0 atom stereocenters. The topological polar surface area (TPSA) is 44.0 Å². The van der Waals surface area contributed by atoms with Gasteiger partial charge in [0.1, 0.15) is 0 Å². The summed E-state index contributed by atoms with van der Waals surface area (Å²) < 4.78 is 2.79. The maximum Gasteiger partial charge on any atom is 2.00 e. The smallest absolute Gasteiger partial charge is 0.301 e. The zero-order valence-corrected chi connectivity index (χ0v) is 15.2. The second-order valence-electron chi connectivity index (χ2n) is 5.01. The molecule has 0 saturated carbocycles. The third kappa shape index (κ3) is 2.79. The van der Waals surface area contributed by atoms with E-state index < -0.39 is 0 Å². The van der Waals surface area contributed by atoms with Gasteiger partial charge in [0, 0.05) is 18.3 Å². The van der Waals surface area contributed by atoms with Crippen LogP contribution in [0.4, 0.5) is 0 Å². The molecule has 3 rings (SSSR count). The Balaban J connectivity index is 0.00000161. The number of benzene rings is 1. The van der Waals surface area contributed by atoms with E-state index in [4.69, 9.17) is 11.6 Å². The first kappa shape index (κ1) is 16.3. The Labute approximate surface area is 141 Å². The summed E-state index contributed by atoms with van der Waals surface area (Å²) in [4.78, 5) is 25.0. The number of hydrogen-bond donors (Lipinski definition) is 0. The van der Waals surface area contributed by atoms with Crippen molar-refractivity contribution in [3.63, 3.8) is 0 Å². The first-order chi connectivity index (χ1) is 9.59. The molecule has 21 heavy (non-hydrogen) atoms. The third-order valence-electron chi connectivity index (χ3n) is 3.80. The van der Waals surface area contributed by atoms with Gasteiger partial charge in [-0.1, -0.05) is 10.7 Å². The van der Waals surface area contributed by atoms with Crippen LogP contribution in [0.15, 0.2) is 27.8 Å². The van der Waals surface area contributed by atoms with Crippen LogP contribution in [0.3, 0.4) is 0 Å². The largest absolute Gasteiger partial charge is 2.00 e. The average Bonchev–Trinajstić information content (AvgIpc) is 2.47. The van der Waals surface area contributed by atoms with Gasteiger partial charge in [0.25, 0.3) is 5.56 Å². The molecule has 0 spiro atoms. The Hall–Kier alpha value is -1.12. The number of rotatable bonds is 1. The molecule has 0 amide bonds. The zero-order chi connectivity index (χ0) is 14.3. The molecule has 1 aromatic heterocycles. The van der Waals surface area contributed by atoms with Crippen LogP contribution in [-0.4, -0.2) is 9.13 Å². The van der Waals surface area contributed by atoms with Crippen molar-refractivity contribution in [2.45, 2.75) is 25.7 Å². The summed E-state index contributed by atoms with van der Waals surface area (Å²) in [5.74, 6) is 0. The summed E-state index contributed by atoms with van der Waals surface area (Å²) in [7, 11) is 1.72. The molecule has 4 nitrogen and oxygen atoms in total. The first-order valence-electron chi connectivity index (χ1n) is 6.61. The molecular weight excluding hydrogens is 459 g/mol. The fourth-order valence-electron chi connectivity index (χ4n) is 2.74. The van der Waals surface area contributed by atoms with Gasteiger partial charge in [-0.15, -0.1) is 17.7 Å². The van der Waals surface area contributed by atoms with E-state index >= 15 is 0 Å². The van der Waals surface area contributed by atoms with E-state index in [1.165, 1.54) is 4.57 Å². The van der Waals surface area contributed by atoms with Crippen LogP contribution < -0.4 is 11.2 Å². The Morgan fingerprint density at radius 3 is 2.57 bits per heavy atom. The molecule has 2 aromatic rings. The van der Waals surface area contributed by atoms with Crippen molar-refractivity contribution in [3.05, 3.63) is 61.4 Å². The minimum Gasteiger partial charge on any atom is -0.301 e. The van der Waals surface area contributed by atoms with Crippen LogP contribution in [0, 0.1) is 6.07 Å². The Bertz CT molecular complexity index is 778. The van der Waals surface area contributed by atoms with Gasteiger partial charge in [0.15, 0.2) is 0 Å². The van der Waals surface area contributed by atoms with Crippen molar-refractivity contribution in [2.24, 2.45) is 7.05 Å². The van der Waals surface area contributed by atoms with Crippen LogP contribution in [0.1, 0.15) is 24.1 Å². The minimum absolute atomic E-state index is 0. The van der Waals surface area contributed by atoms with E-state index in [2.05, 4.69) is 6.07 Å². The fraction of sp³-hybridized carbons (Fsp3) is 0.333. The molecule has 0 unspecified atom stereocenters. The SMILES string of the molecule is Cn1c2c(c(=O)n(-c3c[c-]c(Cl)cc3)c1=O)CCCC2.[W+2]. The van der Waals surface area contributed by atoms with Gasteiger partial charge in [-0.05, 0) is 25.7 Å². The molecule has 0 aliphatic heterocycles. The van der Waals surface area contributed by atoms with Crippen LogP contribution in [0.25, 0.3) is 5.69 Å². The van der Waals surface area contributed by atoms with Crippen molar-refractivity contribution in [1.82, 2.24) is 9.13 Å². The molecule has 0 fully saturated rings. The van der Waals surface area contributed by atoms with Crippen molar-refractivity contribution < 1.29 is 21.1 Å². The quantitative estimate of drug-likeness (QED) is 0.594. The van der Waals surface area contributed by atoms with Crippen LogP contribution in [0.5, 0.6) is 0 Å². The van der Waals surface area contributed by atoms with Crippen molar-refractivity contribution in [2.75, 3.05) is 0 Å². The van der Waals surface area contributed by atoms with Crippen LogP contribution in [0.2, 0.25) is 5.02 Å². The molecule has 0 saturated heterocycles. The Kier molecular flexibility index (Phi) is 4.90. The minimum atomic E-state index is -0.314. The van der Waals surface area contributed by atoms with Crippen molar-refractivity contribution >= 4 is 11.6 Å². The molecule has 0 N–H and O–H groups in total. The van der Waals surface area contributed by atoms with E-state index in [9.17, 15) is 9.59 Å². The van der Waals surface area contributed by atoms with E-state index in [1.54, 1.807) is 29.8 Å². The van der Waals surface area contributed by atoms with Gasteiger partial charge in [-0.3, -0.25) is 9.36 Å². The van der Waals surface area contributed by atoms with Crippen molar-refractivity contribution in [1.29, 1.82) is 0 Å². The van der Waals surface area contributed by atoms with E-state index in [0.717, 1.165) is 36.9 Å². The summed E-state index contributed by atoms with van der Waals surface area (Å²) in [5.41, 5.74) is 1.62. The van der Waals surface area contributed by atoms with Gasteiger partial charge in [0.2, 0.25) is 0 Å². The molecule has 1 aromatic carbocycles. The van der Waals surface area contributed by atoms with Gasteiger partial charge >= 0.3 is 26.8 Å². The summed E-state index contributed by atoms with van der Waals surface area (Å²) in [6.45, 7) is 0. The van der Waals surface area contributed by atoms with E-state index in [-0.39, 0.29) is 32.3 Å². The summed E-state index contributed by atoms with van der Waals surface area (Å²) in [6, 6.07) is 7.67. The number of hydrogen-bond acceptors (Lipinski definition) is 2. The van der Waals surface area contributed by atoms with Crippen LogP contribution >= 0.6 is 11.6 Å². The molecule has 0 bridgehead atoms. The standard InChI is InChI=1S/C15H14ClN2O2.W/c1-17-13-5-3-2-4-12(13)14(19)18(15(17)20)11-8-6-10(16)7-9-11;/h6,8-9H,2-5H2,1H3;/q-1;+2. The van der Waals surface area contributed by atoms with Gasteiger partial charge in [0.05, 0.1) is 0 Å². The van der Waals surface area contributed by atoms with Crippen molar-refractivity contribution in [3.8, 4) is 5.69 Å². The monoisotopic (exact) mass is 473 g/mol. The van der Waals surface area contributed by atoms with E-state index in [0.29, 0.717) is 10.7 Å². The number of halogens is 1. The number of nitrogens with zero attached hydrogens (tertiary/aromatic N) is 2. The first-order valence-corrected chi connectivity index (χ1v) is 6.99. The third-order valence-corrected chi connectivity index (χ3v) is 4.03. The Morgan fingerprint density at radius 2 is 1.90 bits per heavy atom. The normalized spacial score (nSPS) is 13.4. The molecule has 6 heteroatoms. The van der Waals surface area contributed by atoms with Crippen LogP contribution in [-0.2, 0) is 41.0 Å². The van der Waals surface area contributed by atoms with E-state index in [1.807, 2.05) is 0 Å².